The van der Waals surface area contributed by atoms with Crippen LogP contribution in [0.1, 0.15) is 55.6 Å². The molecule has 0 bridgehead atoms. The van der Waals surface area contributed by atoms with E-state index in [-0.39, 0.29) is 0 Å². The first-order chi connectivity index (χ1) is 11.7. The quantitative estimate of drug-likeness (QED) is 0.910. The van der Waals surface area contributed by atoms with Crippen molar-refractivity contribution in [2.24, 2.45) is 17.6 Å². The van der Waals surface area contributed by atoms with Gasteiger partial charge in [-0.15, -0.1) is 0 Å². The normalized spacial score (nSPS) is 24.2. The summed E-state index contributed by atoms with van der Waals surface area (Å²) < 4.78 is 5.61. The zero-order valence-electron chi connectivity index (χ0n) is 14.4. The molecule has 128 valence electrons. The first-order valence-electron chi connectivity index (χ1n) is 9.22. The second kappa shape index (κ2) is 6.63. The predicted octanol–water partition coefficient (Wildman–Crippen LogP) is 3.45. The van der Waals surface area contributed by atoms with E-state index in [9.17, 15) is 0 Å². The second-order valence-electron chi connectivity index (χ2n) is 7.57. The van der Waals surface area contributed by atoms with Gasteiger partial charge in [-0.2, -0.15) is 0 Å². The average molecular weight is 326 g/mol. The van der Waals surface area contributed by atoms with Gasteiger partial charge in [0.15, 0.2) is 5.76 Å². The Morgan fingerprint density at radius 3 is 2.54 bits per heavy atom. The van der Waals surface area contributed by atoms with Crippen LogP contribution in [0.2, 0.25) is 0 Å². The fourth-order valence-corrected chi connectivity index (χ4v) is 3.72. The first-order valence-corrected chi connectivity index (χ1v) is 9.22. The number of rotatable bonds is 5. The van der Waals surface area contributed by atoms with Crippen molar-refractivity contribution in [3.8, 4) is 11.5 Å². The molecule has 2 saturated carbocycles. The minimum atomic E-state index is 0.385. The van der Waals surface area contributed by atoms with Gasteiger partial charge in [0, 0.05) is 24.2 Å². The molecule has 0 unspecified atom stereocenters. The van der Waals surface area contributed by atoms with Crippen molar-refractivity contribution in [1.82, 2.24) is 15.1 Å². The van der Waals surface area contributed by atoms with Gasteiger partial charge in [0.1, 0.15) is 11.5 Å². The zero-order chi connectivity index (χ0) is 16.5. The molecular formula is C19H26N4O. The third kappa shape index (κ3) is 3.51. The zero-order valence-corrected chi connectivity index (χ0v) is 14.4. The fourth-order valence-electron chi connectivity index (χ4n) is 3.72. The number of aryl methyl sites for hydroxylation is 1. The number of hydrogen-bond acceptors (Lipinski definition) is 5. The topological polar surface area (TPSA) is 77.8 Å². The summed E-state index contributed by atoms with van der Waals surface area (Å²) in [4.78, 5) is 9.27. The maximum Gasteiger partial charge on any atom is 0.188 e. The van der Waals surface area contributed by atoms with Crippen LogP contribution < -0.4 is 5.73 Å². The molecule has 4 rings (SSSR count). The van der Waals surface area contributed by atoms with Gasteiger partial charge < -0.3 is 10.3 Å². The summed E-state index contributed by atoms with van der Waals surface area (Å²) in [5.74, 6) is 3.21. The molecular weight excluding hydrogens is 300 g/mol. The minimum absolute atomic E-state index is 0.385. The first kappa shape index (κ1) is 15.8. The van der Waals surface area contributed by atoms with Gasteiger partial charge in [-0.1, -0.05) is 5.16 Å². The smallest absolute Gasteiger partial charge is 0.188 e. The van der Waals surface area contributed by atoms with Crippen LogP contribution in [0.15, 0.2) is 16.8 Å². The van der Waals surface area contributed by atoms with Crippen molar-refractivity contribution in [2.75, 3.05) is 0 Å². The molecule has 24 heavy (non-hydrogen) atoms. The minimum Gasteiger partial charge on any atom is -0.354 e. The van der Waals surface area contributed by atoms with Gasteiger partial charge in [-0.25, -0.2) is 9.97 Å². The third-order valence-electron chi connectivity index (χ3n) is 5.48. The second-order valence-corrected chi connectivity index (χ2v) is 7.57. The Bertz CT molecular complexity index is 699. The van der Waals surface area contributed by atoms with E-state index >= 15 is 0 Å². The molecule has 2 aliphatic carbocycles. The molecule has 2 fully saturated rings. The molecule has 5 nitrogen and oxygen atoms in total. The van der Waals surface area contributed by atoms with E-state index in [1.807, 2.05) is 19.2 Å². The van der Waals surface area contributed by atoms with Gasteiger partial charge >= 0.3 is 0 Å². The van der Waals surface area contributed by atoms with Crippen molar-refractivity contribution in [1.29, 1.82) is 0 Å². The Hall–Kier alpha value is -1.75. The lowest BCUT2D eigenvalue weighted by Crippen LogP contribution is -2.27. The summed E-state index contributed by atoms with van der Waals surface area (Å²) in [6.07, 6.45) is 11.1. The summed E-state index contributed by atoms with van der Waals surface area (Å²) >= 11 is 0. The van der Waals surface area contributed by atoms with E-state index in [1.165, 1.54) is 31.2 Å². The lowest BCUT2D eigenvalue weighted by atomic mass is 9.84. The Labute approximate surface area is 143 Å². The van der Waals surface area contributed by atoms with Crippen molar-refractivity contribution in [3.63, 3.8) is 0 Å². The van der Waals surface area contributed by atoms with Crippen LogP contribution in [-0.2, 0) is 12.8 Å². The Kier molecular flexibility index (Phi) is 4.35. The van der Waals surface area contributed by atoms with E-state index < -0.39 is 0 Å². The molecule has 0 spiro atoms. The fraction of sp³-hybridized carbons (Fsp3) is 0.632. The molecule has 0 aromatic carbocycles. The number of hydrogen-bond donors (Lipinski definition) is 1. The molecule has 0 aliphatic heterocycles. The maximum absolute atomic E-state index is 6.00. The van der Waals surface area contributed by atoms with E-state index in [1.54, 1.807) is 0 Å². The van der Waals surface area contributed by atoms with Gasteiger partial charge in [0.2, 0.25) is 0 Å². The molecule has 5 heteroatoms. The van der Waals surface area contributed by atoms with Gasteiger partial charge in [0.05, 0.1) is 5.69 Å². The van der Waals surface area contributed by atoms with Crippen molar-refractivity contribution < 1.29 is 4.52 Å². The van der Waals surface area contributed by atoms with E-state index in [0.29, 0.717) is 12.0 Å². The number of nitrogens with two attached hydrogens (primary N) is 1. The molecule has 2 N–H and O–H groups in total. The van der Waals surface area contributed by atoms with E-state index in [2.05, 4.69) is 10.1 Å². The SMILES string of the molecule is Cc1noc(-c2ccnc(CC3CCC(N)CC3)n2)c1CC1CC1. The lowest BCUT2D eigenvalue weighted by molar-refractivity contribution is 0.321. The largest absolute Gasteiger partial charge is 0.354 e. The van der Waals surface area contributed by atoms with Crippen LogP contribution in [0, 0.1) is 18.8 Å². The molecule has 0 saturated heterocycles. The average Bonchev–Trinajstić information content (AvgIpc) is 3.33. The van der Waals surface area contributed by atoms with Crippen LogP contribution in [0.4, 0.5) is 0 Å². The summed E-state index contributed by atoms with van der Waals surface area (Å²) in [6.45, 7) is 2.03. The molecule has 2 aromatic heterocycles. The standard InChI is InChI=1S/C19H26N4O/c1-12-16(10-13-2-3-13)19(24-23-12)17-8-9-21-18(22-17)11-14-4-6-15(20)7-5-14/h8-9,13-15H,2-7,10-11,20H2,1H3. The molecule has 0 amide bonds. The Balaban J connectivity index is 1.52. The van der Waals surface area contributed by atoms with Crippen molar-refractivity contribution >= 4 is 0 Å². The van der Waals surface area contributed by atoms with Crippen LogP contribution in [0.25, 0.3) is 11.5 Å². The monoisotopic (exact) mass is 326 g/mol. The lowest BCUT2D eigenvalue weighted by Gasteiger charge is -2.25. The molecule has 0 atom stereocenters. The summed E-state index contributed by atoms with van der Waals surface area (Å²) in [5, 5.41) is 4.18. The molecule has 2 heterocycles. The maximum atomic E-state index is 6.00. The van der Waals surface area contributed by atoms with Crippen molar-refractivity contribution in [2.45, 2.75) is 64.3 Å². The number of nitrogens with zero attached hydrogens (tertiary/aromatic N) is 3. The molecule has 2 aliphatic rings. The summed E-state index contributed by atoms with van der Waals surface area (Å²) in [7, 11) is 0. The molecule has 0 radical (unpaired) electrons. The highest BCUT2D eigenvalue weighted by molar-refractivity contribution is 5.57. The van der Waals surface area contributed by atoms with E-state index in [0.717, 1.165) is 54.6 Å². The summed E-state index contributed by atoms with van der Waals surface area (Å²) in [6, 6.07) is 2.33. The van der Waals surface area contributed by atoms with Crippen LogP contribution in [0.3, 0.4) is 0 Å². The molecule has 2 aromatic rings. The Morgan fingerprint density at radius 2 is 1.79 bits per heavy atom. The highest BCUT2D eigenvalue weighted by atomic mass is 16.5. The van der Waals surface area contributed by atoms with Crippen LogP contribution in [0.5, 0.6) is 0 Å². The summed E-state index contributed by atoms with van der Waals surface area (Å²) in [5.41, 5.74) is 9.11. The van der Waals surface area contributed by atoms with Crippen LogP contribution >= 0.6 is 0 Å². The highest BCUT2D eigenvalue weighted by Gasteiger charge is 2.27. The van der Waals surface area contributed by atoms with Gasteiger partial charge in [0.25, 0.3) is 0 Å². The van der Waals surface area contributed by atoms with Crippen LogP contribution in [-0.4, -0.2) is 21.2 Å². The highest BCUT2D eigenvalue weighted by Crippen LogP contribution is 2.36. The van der Waals surface area contributed by atoms with Crippen molar-refractivity contribution in [3.05, 3.63) is 29.3 Å². The Morgan fingerprint density at radius 1 is 1.08 bits per heavy atom. The predicted molar refractivity (Wildman–Crippen MR) is 92.3 cm³/mol. The third-order valence-corrected chi connectivity index (χ3v) is 5.48. The number of aromatic nitrogens is 3. The van der Waals surface area contributed by atoms with Gasteiger partial charge in [-0.05, 0) is 69.8 Å². The van der Waals surface area contributed by atoms with Gasteiger partial charge in [-0.3, -0.25) is 0 Å². The van der Waals surface area contributed by atoms with E-state index in [4.69, 9.17) is 15.2 Å².